The monoisotopic (exact) mass is 325 g/mol. The first-order valence-electron chi connectivity index (χ1n) is 7.44. The molecule has 0 saturated heterocycles. The minimum Gasteiger partial charge on any atom is -0.493 e. The van der Waals surface area contributed by atoms with Crippen molar-refractivity contribution in [1.82, 2.24) is 5.32 Å². The minimum atomic E-state index is -0.121. The molecule has 0 heterocycles. The minimum absolute atomic E-state index is 0.121. The van der Waals surface area contributed by atoms with Crippen molar-refractivity contribution in [2.45, 2.75) is 27.2 Å². The number of rotatable bonds is 8. The molecule has 0 fully saturated rings. The largest absolute Gasteiger partial charge is 0.493 e. The molecule has 0 bridgehead atoms. The highest BCUT2D eigenvalue weighted by molar-refractivity contribution is 6.32. The molecule has 0 aliphatic heterocycles. The normalized spacial score (nSPS) is 11.0. The van der Waals surface area contributed by atoms with Gasteiger partial charge in [-0.1, -0.05) is 25.4 Å². The molecular weight excluding hydrogens is 302 g/mol. The van der Waals surface area contributed by atoms with Crippen LogP contribution in [0.5, 0.6) is 11.5 Å². The summed E-state index contributed by atoms with van der Waals surface area (Å²) in [4.78, 5) is 11.7. The van der Waals surface area contributed by atoms with Gasteiger partial charge in [0, 0.05) is 12.6 Å². The van der Waals surface area contributed by atoms with Gasteiger partial charge in [0.2, 0.25) is 5.91 Å². The zero-order valence-electron chi connectivity index (χ0n) is 13.6. The summed E-state index contributed by atoms with van der Waals surface area (Å²) in [5.41, 5.74) is 0.782. The van der Waals surface area contributed by atoms with Gasteiger partial charge >= 0.3 is 0 Å². The van der Waals surface area contributed by atoms with Gasteiger partial charge in [-0.3, -0.25) is 4.79 Å². The van der Waals surface area contributed by atoms with Gasteiger partial charge in [0.25, 0.3) is 0 Å². The second kappa shape index (κ2) is 9.36. The Labute approximate surface area is 137 Å². The SMILES string of the molecule is CCOc1c(Cl)cc(C=CC(=O)NCCC(C)C)cc1OC. The van der Waals surface area contributed by atoms with Crippen molar-refractivity contribution in [2.24, 2.45) is 5.92 Å². The Morgan fingerprint density at radius 1 is 1.41 bits per heavy atom. The van der Waals surface area contributed by atoms with Gasteiger partial charge in [-0.15, -0.1) is 0 Å². The average Bonchev–Trinajstić information content (AvgIpc) is 2.47. The Kier molecular flexibility index (Phi) is 7.82. The molecule has 22 heavy (non-hydrogen) atoms. The molecule has 0 aliphatic rings. The number of ether oxygens (including phenoxy) is 2. The van der Waals surface area contributed by atoms with Crippen molar-refractivity contribution in [3.63, 3.8) is 0 Å². The molecule has 0 spiro atoms. The highest BCUT2D eigenvalue weighted by Gasteiger charge is 2.10. The molecule has 0 radical (unpaired) electrons. The standard InChI is InChI=1S/C17H24ClNO3/c1-5-22-17-14(18)10-13(11-15(17)21-4)6-7-16(20)19-9-8-12(2)3/h6-7,10-12H,5,8-9H2,1-4H3,(H,19,20). The highest BCUT2D eigenvalue weighted by Crippen LogP contribution is 2.36. The summed E-state index contributed by atoms with van der Waals surface area (Å²) in [6.07, 6.45) is 4.16. The second-order valence-corrected chi connectivity index (χ2v) is 5.68. The van der Waals surface area contributed by atoms with Crippen LogP contribution in [0.15, 0.2) is 18.2 Å². The van der Waals surface area contributed by atoms with Crippen molar-refractivity contribution in [1.29, 1.82) is 0 Å². The fourth-order valence-electron chi connectivity index (χ4n) is 1.84. The molecule has 0 aromatic heterocycles. The third-order valence-corrected chi connectivity index (χ3v) is 3.27. The number of methoxy groups -OCH3 is 1. The lowest BCUT2D eigenvalue weighted by Crippen LogP contribution is -2.23. The van der Waals surface area contributed by atoms with Gasteiger partial charge in [0.1, 0.15) is 0 Å². The van der Waals surface area contributed by atoms with Crippen LogP contribution in [0, 0.1) is 5.92 Å². The molecule has 4 nitrogen and oxygen atoms in total. The molecule has 0 unspecified atom stereocenters. The summed E-state index contributed by atoms with van der Waals surface area (Å²) in [5.74, 6) is 1.52. The second-order valence-electron chi connectivity index (χ2n) is 5.27. The van der Waals surface area contributed by atoms with E-state index < -0.39 is 0 Å². The van der Waals surface area contributed by atoms with Crippen LogP contribution in [0.4, 0.5) is 0 Å². The number of nitrogens with one attached hydrogen (secondary N) is 1. The molecule has 1 aromatic rings. The van der Waals surface area contributed by atoms with E-state index in [1.54, 1.807) is 25.3 Å². The number of carbonyl (C=O) groups is 1. The molecule has 1 aromatic carbocycles. The van der Waals surface area contributed by atoms with Crippen LogP contribution in [-0.2, 0) is 4.79 Å². The van der Waals surface area contributed by atoms with E-state index in [9.17, 15) is 4.79 Å². The van der Waals surface area contributed by atoms with E-state index in [1.807, 2.05) is 6.92 Å². The Hall–Kier alpha value is -1.68. The van der Waals surface area contributed by atoms with Gasteiger partial charge in [-0.25, -0.2) is 0 Å². The third kappa shape index (κ3) is 5.98. The first-order valence-corrected chi connectivity index (χ1v) is 7.82. The summed E-state index contributed by atoms with van der Waals surface area (Å²) in [5, 5.41) is 3.30. The van der Waals surface area contributed by atoms with E-state index in [1.165, 1.54) is 6.08 Å². The number of carbonyl (C=O) groups excluding carboxylic acids is 1. The molecular formula is C17H24ClNO3. The zero-order chi connectivity index (χ0) is 16.5. The van der Waals surface area contributed by atoms with Gasteiger partial charge in [-0.05, 0) is 43.0 Å². The van der Waals surface area contributed by atoms with Crippen molar-refractivity contribution in [3.05, 3.63) is 28.8 Å². The summed E-state index contributed by atoms with van der Waals surface area (Å²) >= 11 is 6.19. The Morgan fingerprint density at radius 3 is 2.73 bits per heavy atom. The van der Waals surface area contributed by atoms with Crippen molar-refractivity contribution in [2.75, 3.05) is 20.3 Å². The average molecular weight is 326 g/mol. The quantitative estimate of drug-likeness (QED) is 0.737. The lowest BCUT2D eigenvalue weighted by molar-refractivity contribution is -0.116. The predicted molar refractivity (Wildman–Crippen MR) is 90.7 cm³/mol. The third-order valence-electron chi connectivity index (χ3n) is 2.99. The fraction of sp³-hybridized carbons (Fsp3) is 0.471. The van der Waals surface area contributed by atoms with E-state index in [0.717, 1.165) is 12.0 Å². The number of benzene rings is 1. The van der Waals surface area contributed by atoms with Crippen LogP contribution in [0.3, 0.4) is 0 Å². The number of amides is 1. The maximum atomic E-state index is 11.7. The molecule has 122 valence electrons. The Morgan fingerprint density at radius 2 is 2.14 bits per heavy atom. The van der Waals surface area contributed by atoms with Crippen LogP contribution in [-0.4, -0.2) is 26.2 Å². The van der Waals surface area contributed by atoms with Crippen LogP contribution >= 0.6 is 11.6 Å². The summed E-state index contributed by atoms with van der Waals surface area (Å²) in [6, 6.07) is 3.53. The molecule has 1 amide bonds. The Bertz CT molecular complexity index is 527. The van der Waals surface area contributed by atoms with Crippen LogP contribution in [0.1, 0.15) is 32.8 Å². The predicted octanol–water partition coefficient (Wildman–Crippen LogP) is 3.92. The smallest absolute Gasteiger partial charge is 0.243 e. The molecule has 1 N–H and O–H groups in total. The van der Waals surface area contributed by atoms with Crippen molar-refractivity contribution < 1.29 is 14.3 Å². The van der Waals surface area contributed by atoms with Gasteiger partial charge in [0.05, 0.1) is 18.7 Å². The van der Waals surface area contributed by atoms with Crippen LogP contribution < -0.4 is 14.8 Å². The maximum absolute atomic E-state index is 11.7. The lowest BCUT2D eigenvalue weighted by Gasteiger charge is -2.11. The molecule has 0 aliphatic carbocycles. The maximum Gasteiger partial charge on any atom is 0.243 e. The first-order chi connectivity index (χ1) is 10.5. The first kappa shape index (κ1) is 18.4. The van der Waals surface area contributed by atoms with E-state index in [0.29, 0.717) is 35.6 Å². The molecule has 1 rings (SSSR count). The zero-order valence-corrected chi connectivity index (χ0v) is 14.4. The molecule has 0 saturated carbocycles. The van der Waals surface area contributed by atoms with E-state index in [4.69, 9.17) is 21.1 Å². The fourth-order valence-corrected chi connectivity index (χ4v) is 2.11. The summed E-state index contributed by atoms with van der Waals surface area (Å²) in [7, 11) is 1.56. The van der Waals surface area contributed by atoms with E-state index >= 15 is 0 Å². The van der Waals surface area contributed by atoms with Gasteiger partial charge < -0.3 is 14.8 Å². The molecule has 5 heteroatoms. The number of halogens is 1. The van der Waals surface area contributed by atoms with Crippen molar-refractivity contribution >= 4 is 23.6 Å². The summed E-state index contributed by atoms with van der Waals surface area (Å²) < 4.78 is 10.7. The van der Waals surface area contributed by atoms with E-state index in [-0.39, 0.29) is 5.91 Å². The Balaban J connectivity index is 2.74. The van der Waals surface area contributed by atoms with Crippen molar-refractivity contribution in [3.8, 4) is 11.5 Å². The lowest BCUT2D eigenvalue weighted by atomic mass is 10.1. The molecule has 0 atom stereocenters. The van der Waals surface area contributed by atoms with Gasteiger partial charge in [-0.2, -0.15) is 0 Å². The summed E-state index contributed by atoms with van der Waals surface area (Å²) in [6.45, 7) is 7.30. The van der Waals surface area contributed by atoms with Crippen LogP contribution in [0.25, 0.3) is 6.08 Å². The van der Waals surface area contributed by atoms with E-state index in [2.05, 4.69) is 19.2 Å². The topological polar surface area (TPSA) is 47.6 Å². The van der Waals surface area contributed by atoms with Crippen LogP contribution in [0.2, 0.25) is 5.02 Å². The number of hydrogen-bond acceptors (Lipinski definition) is 3. The van der Waals surface area contributed by atoms with Gasteiger partial charge in [0.15, 0.2) is 11.5 Å². The highest BCUT2D eigenvalue weighted by atomic mass is 35.5. The number of hydrogen-bond donors (Lipinski definition) is 1.